The van der Waals surface area contributed by atoms with Gasteiger partial charge in [0.25, 0.3) is 0 Å². The highest BCUT2D eigenvalue weighted by Gasteiger charge is 2.33. The first-order chi connectivity index (χ1) is 14.0. The lowest BCUT2D eigenvalue weighted by Gasteiger charge is -2.24. The Labute approximate surface area is 171 Å². The zero-order chi connectivity index (χ0) is 20.7. The third-order valence-electron chi connectivity index (χ3n) is 5.01. The van der Waals surface area contributed by atoms with Gasteiger partial charge in [0.05, 0.1) is 6.61 Å². The van der Waals surface area contributed by atoms with Gasteiger partial charge in [0.2, 0.25) is 5.60 Å². The molecule has 0 radical (unpaired) electrons. The molecule has 1 atom stereocenters. The van der Waals surface area contributed by atoms with E-state index in [1.807, 2.05) is 18.2 Å². The number of benzene rings is 3. The maximum atomic E-state index is 11.4. The van der Waals surface area contributed by atoms with E-state index >= 15 is 0 Å². The summed E-state index contributed by atoms with van der Waals surface area (Å²) < 4.78 is 11.4. The molecule has 0 saturated carbocycles. The molecule has 0 aliphatic carbocycles. The van der Waals surface area contributed by atoms with Gasteiger partial charge < -0.3 is 14.6 Å². The van der Waals surface area contributed by atoms with Crippen molar-refractivity contribution >= 4 is 5.97 Å². The highest BCUT2D eigenvalue weighted by Crippen LogP contribution is 2.24. The number of hydrogen-bond donors (Lipinski definition) is 1. The molecular weight excluding hydrogens is 364 g/mol. The molecule has 1 N–H and O–H groups in total. The molecule has 0 spiro atoms. The van der Waals surface area contributed by atoms with Crippen molar-refractivity contribution in [2.45, 2.75) is 32.3 Å². The van der Waals surface area contributed by atoms with Crippen molar-refractivity contribution in [1.29, 1.82) is 0 Å². The van der Waals surface area contributed by atoms with Crippen LogP contribution >= 0.6 is 0 Å². The number of hydrogen-bond acceptors (Lipinski definition) is 3. The number of carbonyl (C=O) groups is 1. The molecule has 0 fully saturated rings. The fourth-order valence-corrected chi connectivity index (χ4v) is 2.91. The largest absolute Gasteiger partial charge is 0.493 e. The summed E-state index contributed by atoms with van der Waals surface area (Å²) in [6.45, 7) is 3.92. The van der Waals surface area contributed by atoms with E-state index in [-0.39, 0.29) is 0 Å². The van der Waals surface area contributed by atoms with E-state index < -0.39 is 11.6 Å². The summed E-state index contributed by atoms with van der Waals surface area (Å²) in [5, 5.41) is 9.30. The van der Waals surface area contributed by atoms with E-state index in [2.05, 4.69) is 36.4 Å². The third-order valence-corrected chi connectivity index (χ3v) is 5.01. The first-order valence-electron chi connectivity index (χ1n) is 9.80. The van der Waals surface area contributed by atoms with Gasteiger partial charge in [-0.1, -0.05) is 61.5 Å². The van der Waals surface area contributed by atoms with E-state index in [9.17, 15) is 9.90 Å². The summed E-state index contributed by atoms with van der Waals surface area (Å²) in [4.78, 5) is 11.4. The standard InChI is InChI=1S/C25H26O4/c1-3-25(2,24(26)27)29-23-15-13-22(14-16-23)28-18-17-19-9-11-21(12-10-19)20-7-5-4-6-8-20/h4-16H,3,17-18H2,1-2H3,(H,26,27)/t25-/m0/s1. The molecule has 4 nitrogen and oxygen atoms in total. The smallest absolute Gasteiger partial charge is 0.347 e. The molecule has 150 valence electrons. The van der Waals surface area contributed by atoms with Gasteiger partial charge in [0.1, 0.15) is 11.5 Å². The van der Waals surface area contributed by atoms with Crippen LogP contribution < -0.4 is 9.47 Å². The molecule has 0 aromatic heterocycles. The molecular formula is C25H26O4. The highest BCUT2D eigenvalue weighted by atomic mass is 16.5. The van der Waals surface area contributed by atoms with Gasteiger partial charge in [-0.05, 0) is 54.3 Å². The summed E-state index contributed by atoms with van der Waals surface area (Å²) in [5.41, 5.74) is 2.39. The van der Waals surface area contributed by atoms with Gasteiger partial charge in [-0.25, -0.2) is 4.79 Å². The lowest BCUT2D eigenvalue weighted by atomic mass is 10.0. The quantitative estimate of drug-likeness (QED) is 0.516. The Morgan fingerprint density at radius 3 is 2.03 bits per heavy atom. The van der Waals surface area contributed by atoms with Gasteiger partial charge in [-0.3, -0.25) is 0 Å². The van der Waals surface area contributed by atoms with Crippen LogP contribution in [0.1, 0.15) is 25.8 Å². The van der Waals surface area contributed by atoms with E-state index in [0.29, 0.717) is 18.8 Å². The molecule has 0 bridgehead atoms. The second kappa shape index (κ2) is 9.28. The SMILES string of the molecule is CC[C@](C)(Oc1ccc(OCCc2ccc(-c3ccccc3)cc2)cc1)C(=O)O. The summed E-state index contributed by atoms with van der Waals surface area (Å²) in [6, 6.07) is 25.9. The normalized spacial score (nSPS) is 12.8. The summed E-state index contributed by atoms with van der Waals surface area (Å²) in [7, 11) is 0. The minimum Gasteiger partial charge on any atom is -0.493 e. The molecule has 0 aliphatic heterocycles. The van der Waals surface area contributed by atoms with Crippen LogP contribution in [-0.2, 0) is 11.2 Å². The van der Waals surface area contributed by atoms with Gasteiger partial charge in [0, 0.05) is 6.42 Å². The van der Waals surface area contributed by atoms with Crippen molar-refractivity contribution in [1.82, 2.24) is 0 Å². The van der Waals surface area contributed by atoms with Gasteiger partial charge in [0.15, 0.2) is 0 Å². The molecule has 3 aromatic rings. The molecule has 3 aromatic carbocycles. The number of aliphatic carboxylic acids is 1. The van der Waals surface area contributed by atoms with Crippen LogP contribution in [0.2, 0.25) is 0 Å². The Bertz CT molecular complexity index is 917. The van der Waals surface area contributed by atoms with Crippen molar-refractivity contribution in [2.75, 3.05) is 6.61 Å². The first-order valence-corrected chi connectivity index (χ1v) is 9.80. The second-order valence-corrected chi connectivity index (χ2v) is 7.12. The average molecular weight is 390 g/mol. The Morgan fingerprint density at radius 1 is 0.862 bits per heavy atom. The van der Waals surface area contributed by atoms with Crippen molar-refractivity contribution < 1.29 is 19.4 Å². The van der Waals surface area contributed by atoms with E-state index in [4.69, 9.17) is 9.47 Å². The van der Waals surface area contributed by atoms with Crippen LogP contribution in [0.25, 0.3) is 11.1 Å². The lowest BCUT2D eigenvalue weighted by Crippen LogP contribution is -2.40. The number of carboxylic acids is 1. The van der Waals surface area contributed by atoms with Crippen LogP contribution in [0.3, 0.4) is 0 Å². The third kappa shape index (κ3) is 5.38. The summed E-state index contributed by atoms with van der Waals surface area (Å²) in [6.07, 6.45) is 1.18. The monoisotopic (exact) mass is 390 g/mol. The zero-order valence-corrected chi connectivity index (χ0v) is 16.8. The maximum absolute atomic E-state index is 11.4. The minimum atomic E-state index is -1.23. The molecule has 0 aliphatic rings. The fourth-order valence-electron chi connectivity index (χ4n) is 2.91. The van der Waals surface area contributed by atoms with Crippen molar-refractivity contribution in [3.05, 3.63) is 84.4 Å². The molecule has 0 amide bonds. The van der Waals surface area contributed by atoms with Crippen LogP contribution in [0.4, 0.5) is 0 Å². The van der Waals surface area contributed by atoms with Crippen molar-refractivity contribution in [2.24, 2.45) is 0 Å². The number of rotatable bonds is 9. The average Bonchev–Trinajstić information content (AvgIpc) is 2.76. The van der Waals surface area contributed by atoms with Crippen LogP contribution in [-0.4, -0.2) is 23.3 Å². The van der Waals surface area contributed by atoms with Crippen molar-refractivity contribution in [3.63, 3.8) is 0 Å². The molecule has 4 heteroatoms. The Kier molecular flexibility index (Phi) is 6.55. The molecule has 29 heavy (non-hydrogen) atoms. The fraction of sp³-hybridized carbons (Fsp3) is 0.240. The van der Waals surface area contributed by atoms with Gasteiger partial charge in [-0.15, -0.1) is 0 Å². The molecule has 0 heterocycles. The minimum absolute atomic E-state index is 0.379. The Morgan fingerprint density at radius 2 is 1.45 bits per heavy atom. The van der Waals surface area contributed by atoms with Crippen LogP contribution in [0.15, 0.2) is 78.9 Å². The van der Waals surface area contributed by atoms with Crippen LogP contribution in [0, 0.1) is 0 Å². The Balaban J connectivity index is 1.51. The van der Waals surface area contributed by atoms with Crippen molar-refractivity contribution in [3.8, 4) is 22.6 Å². The van der Waals surface area contributed by atoms with Gasteiger partial charge in [-0.2, -0.15) is 0 Å². The second-order valence-electron chi connectivity index (χ2n) is 7.12. The van der Waals surface area contributed by atoms with E-state index in [0.717, 1.165) is 12.2 Å². The topological polar surface area (TPSA) is 55.8 Å². The summed E-state index contributed by atoms with van der Waals surface area (Å²) in [5.74, 6) is 0.269. The van der Waals surface area contributed by atoms with E-state index in [1.165, 1.54) is 16.7 Å². The van der Waals surface area contributed by atoms with Gasteiger partial charge >= 0.3 is 5.97 Å². The highest BCUT2D eigenvalue weighted by molar-refractivity contribution is 5.77. The number of ether oxygens (including phenoxy) is 2. The Hall–Kier alpha value is -3.27. The van der Waals surface area contributed by atoms with E-state index in [1.54, 1.807) is 38.1 Å². The lowest BCUT2D eigenvalue weighted by molar-refractivity contribution is -0.154. The predicted molar refractivity (Wildman–Crippen MR) is 114 cm³/mol. The zero-order valence-electron chi connectivity index (χ0n) is 16.8. The molecule has 3 rings (SSSR count). The van der Waals surface area contributed by atoms with Crippen LogP contribution in [0.5, 0.6) is 11.5 Å². The maximum Gasteiger partial charge on any atom is 0.347 e. The molecule has 0 unspecified atom stereocenters. The summed E-state index contributed by atoms with van der Waals surface area (Å²) >= 11 is 0. The number of carboxylic acid groups (broad SMARTS) is 1. The predicted octanol–water partition coefficient (Wildman–Crippen LogP) is 5.61. The first kappa shape index (κ1) is 20.5. The molecule has 0 saturated heterocycles.